The maximum absolute atomic E-state index is 11.7. The van der Waals surface area contributed by atoms with Gasteiger partial charge in [0, 0.05) is 12.8 Å². The van der Waals surface area contributed by atoms with Crippen molar-refractivity contribution in [2.24, 2.45) is 0 Å². The first-order valence-corrected chi connectivity index (χ1v) is 12.0. The number of unbranched alkanes of at least 4 members (excludes halogenated alkanes) is 3. The fourth-order valence-corrected chi connectivity index (χ4v) is 3.71. The van der Waals surface area contributed by atoms with Crippen molar-refractivity contribution in [3.05, 3.63) is 0 Å². The van der Waals surface area contributed by atoms with Crippen LogP contribution >= 0.6 is 0 Å². The van der Waals surface area contributed by atoms with Crippen LogP contribution in [0.3, 0.4) is 0 Å². The van der Waals surface area contributed by atoms with E-state index in [1.54, 1.807) is 0 Å². The van der Waals surface area contributed by atoms with E-state index in [0.29, 0.717) is 12.8 Å². The van der Waals surface area contributed by atoms with Crippen molar-refractivity contribution in [1.29, 1.82) is 0 Å². The molecule has 2 fully saturated rings. The average Bonchev–Trinajstić information content (AvgIpc) is 3.15. The summed E-state index contributed by atoms with van der Waals surface area (Å²) in [4.78, 5) is 78.7. The van der Waals surface area contributed by atoms with Gasteiger partial charge in [0.05, 0.1) is 0 Å². The Hall–Kier alpha value is -1.36. The molecular weight excluding hydrogens is 558 g/mol. The quantitative estimate of drug-likeness (QED) is 0.0962. The molecule has 2 heterocycles. The molecule has 0 aromatic carbocycles. The summed E-state index contributed by atoms with van der Waals surface area (Å²) in [5.74, 6) is -4.56. The molecule has 0 saturated carbocycles. The normalized spacial score (nSPS) is 16.2. The van der Waals surface area contributed by atoms with Gasteiger partial charge in [0.1, 0.15) is 13.1 Å². The standard InChI is InChI=1S/C14H18N4O14S2.2Na/c19-9-7-15(33(25,26)27)13(23)17(9)31-11(21)5-3-1-2-4-6-12(22)32-18-10(20)8-16(14(18)24)34(28,29)30;;/h1-8H2,(H,25,26,27)(H,28,29,30);;/q;2*+1/p-2. The Morgan fingerprint density at radius 1 is 0.667 bits per heavy atom. The molecule has 0 aliphatic carbocycles. The minimum atomic E-state index is -5.25. The second-order valence-corrected chi connectivity index (χ2v) is 9.30. The van der Waals surface area contributed by atoms with Gasteiger partial charge in [-0.1, -0.05) is 23.0 Å². The Balaban J connectivity index is 0.00000612. The molecule has 2 rings (SSSR count). The molecule has 0 aromatic heterocycles. The first-order chi connectivity index (χ1) is 15.6. The van der Waals surface area contributed by atoms with Gasteiger partial charge < -0.3 is 18.8 Å². The van der Waals surface area contributed by atoms with E-state index in [2.05, 4.69) is 9.68 Å². The van der Waals surface area contributed by atoms with Gasteiger partial charge in [-0.25, -0.2) is 44.6 Å². The van der Waals surface area contributed by atoms with E-state index in [1.807, 2.05) is 0 Å². The van der Waals surface area contributed by atoms with Gasteiger partial charge in [-0.05, 0) is 12.8 Å². The Morgan fingerprint density at radius 3 is 1.22 bits per heavy atom. The van der Waals surface area contributed by atoms with Crippen molar-refractivity contribution in [2.75, 3.05) is 13.1 Å². The summed E-state index contributed by atoms with van der Waals surface area (Å²) in [5, 5.41) is -0.262. The van der Waals surface area contributed by atoms with Crippen LogP contribution < -0.4 is 59.1 Å². The Kier molecular flexibility index (Phi) is 13.4. The zero-order chi connectivity index (χ0) is 25.8. The predicted octanol–water partition coefficient (Wildman–Crippen LogP) is -8.30. The molecule has 190 valence electrons. The maximum Gasteiger partial charge on any atom is 1.00 e. The van der Waals surface area contributed by atoms with Gasteiger partial charge in [-0.2, -0.15) is 0 Å². The second kappa shape index (κ2) is 14.0. The molecule has 2 aliphatic heterocycles. The molecule has 22 heteroatoms. The number of hydrogen-bond acceptors (Lipinski definition) is 14. The van der Waals surface area contributed by atoms with Crippen LogP contribution in [0.5, 0.6) is 0 Å². The van der Waals surface area contributed by atoms with Crippen molar-refractivity contribution < 1.29 is 123 Å². The molecule has 0 spiro atoms. The van der Waals surface area contributed by atoms with Gasteiger partial charge in [-0.15, -0.1) is 0 Å². The predicted molar refractivity (Wildman–Crippen MR) is 97.2 cm³/mol. The number of hydroxylamine groups is 4. The van der Waals surface area contributed by atoms with Crippen LogP contribution in [0.1, 0.15) is 38.5 Å². The first kappa shape index (κ1) is 34.6. The van der Waals surface area contributed by atoms with E-state index in [0.717, 1.165) is 0 Å². The SMILES string of the molecule is O=C(CCCCCCC(=O)ON1C(=O)CN(S(=O)(=O)[O-])C1=O)ON1C(=O)CN(S(=O)(=O)[O-])C1=O.[Na+].[Na+]. The third-order valence-electron chi connectivity index (χ3n) is 4.22. The van der Waals surface area contributed by atoms with Crippen LogP contribution in [0.2, 0.25) is 0 Å². The Morgan fingerprint density at radius 2 is 0.972 bits per heavy atom. The molecule has 36 heavy (non-hydrogen) atoms. The number of imide groups is 2. The summed E-state index contributed by atoms with van der Waals surface area (Å²) >= 11 is 0. The molecule has 0 unspecified atom stereocenters. The van der Waals surface area contributed by atoms with E-state index < -0.39 is 69.5 Å². The summed E-state index contributed by atoms with van der Waals surface area (Å²) in [7, 11) is -10.5. The third kappa shape index (κ3) is 9.19. The zero-order valence-electron chi connectivity index (χ0n) is 19.0. The van der Waals surface area contributed by atoms with Crippen LogP contribution in [0.4, 0.5) is 9.59 Å². The van der Waals surface area contributed by atoms with Crippen LogP contribution in [0, 0.1) is 0 Å². The minimum absolute atomic E-state index is 0. The van der Waals surface area contributed by atoms with E-state index in [4.69, 9.17) is 0 Å². The molecule has 0 aromatic rings. The third-order valence-corrected chi connectivity index (χ3v) is 5.87. The molecule has 0 atom stereocenters. The fourth-order valence-electron chi connectivity index (χ4n) is 2.64. The summed E-state index contributed by atoms with van der Waals surface area (Å²) in [6.07, 6.45) is 0.369. The van der Waals surface area contributed by atoms with Gasteiger partial charge in [-0.3, -0.25) is 9.59 Å². The molecule has 0 N–H and O–H groups in total. The van der Waals surface area contributed by atoms with Crippen molar-refractivity contribution in [2.45, 2.75) is 38.5 Å². The van der Waals surface area contributed by atoms with Crippen LogP contribution in [0.15, 0.2) is 0 Å². The van der Waals surface area contributed by atoms with Gasteiger partial charge in [0.2, 0.25) is 0 Å². The zero-order valence-corrected chi connectivity index (χ0v) is 24.6. The van der Waals surface area contributed by atoms with E-state index >= 15 is 0 Å². The van der Waals surface area contributed by atoms with Gasteiger partial charge in [0.25, 0.3) is 11.8 Å². The number of carbonyl (C=O) groups is 6. The van der Waals surface area contributed by atoms with Crippen molar-refractivity contribution in [3.63, 3.8) is 0 Å². The number of urea groups is 2. The second-order valence-electron chi connectivity index (χ2n) is 6.71. The molecule has 0 bridgehead atoms. The van der Waals surface area contributed by atoms with Crippen LogP contribution in [-0.2, 0) is 49.5 Å². The number of hydrogen-bond donors (Lipinski definition) is 0. The molecule has 2 aliphatic rings. The average molecular weight is 574 g/mol. The number of amides is 6. The summed E-state index contributed by atoms with van der Waals surface area (Å²) in [6, 6.07) is -3.23. The minimum Gasteiger partial charge on any atom is -0.731 e. The topological polar surface area (TPSA) is 248 Å². The molecular formula is C14H16N4Na2O14S2. The van der Waals surface area contributed by atoms with Gasteiger partial charge in [0.15, 0.2) is 20.6 Å². The van der Waals surface area contributed by atoms with Crippen molar-refractivity contribution in [3.8, 4) is 0 Å². The monoisotopic (exact) mass is 574 g/mol. The number of nitrogens with zero attached hydrogens (tertiary/aromatic N) is 4. The largest absolute Gasteiger partial charge is 1.00 e. The summed E-state index contributed by atoms with van der Waals surface area (Å²) in [6.45, 7) is -2.18. The molecule has 0 radical (unpaired) electrons. The first-order valence-electron chi connectivity index (χ1n) is 9.25. The number of rotatable bonds is 11. The molecule has 2 saturated heterocycles. The van der Waals surface area contributed by atoms with Crippen LogP contribution in [-0.4, -0.2) is 93.6 Å². The van der Waals surface area contributed by atoms with Crippen molar-refractivity contribution in [1.82, 2.24) is 18.7 Å². The maximum atomic E-state index is 11.7. The molecule has 18 nitrogen and oxygen atoms in total. The van der Waals surface area contributed by atoms with E-state index in [9.17, 15) is 54.7 Å². The van der Waals surface area contributed by atoms with E-state index in [1.165, 1.54) is 0 Å². The fraction of sp³-hybridized carbons (Fsp3) is 0.571. The van der Waals surface area contributed by atoms with Gasteiger partial charge >= 0.3 is 83.1 Å². The number of carbonyl (C=O) groups excluding carboxylic acids is 6. The van der Waals surface area contributed by atoms with Crippen molar-refractivity contribution >= 4 is 56.4 Å². The summed E-state index contributed by atoms with van der Waals surface area (Å²) in [5.41, 5.74) is 0. The molecule has 6 amide bonds. The summed E-state index contributed by atoms with van der Waals surface area (Å²) < 4.78 is 64.5. The van der Waals surface area contributed by atoms with Crippen LogP contribution in [0.25, 0.3) is 0 Å². The Bertz CT molecular complexity index is 1040. The van der Waals surface area contributed by atoms with E-state index in [-0.39, 0.29) is 104 Å². The smallest absolute Gasteiger partial charge is 0.731 e. The Labute approximate surface area is 248 Å².